The predicted molar refractivity (Wildman–Crippen MR) is 72.9 cm³/mol. The molecule has 102 valence electrons. The first-order valence-electron chi connectivity index (χ1n) is 6.01. The van der Waals surface area contributed by atoms with Crippen LogP contribution in [0, 0.1) is 0 Å². The van der Waals surface area contributed by atoms with Crippen molar-refractivity contribution in [3.8, 4) is 0 Å². The van der Waals surface area contributed by atoms with E-state index < -0.39 is 15.6 Å². The summed E-state index contributed by atoms with van der Waals surface area (Å²) in [7, 11) is -3.33. The molecular weight excluding hydrogens is 250 g/mol. The van der Waals surface area contributed by atoms with Crippen molar-refractivity contribution in [2.45, 2.75) is 32.2 Å². The third kappa shape index (κ3) is 5.62. The molecule has 1 aromatic rings. The van der Waals surface area contributed by atoms with E-state index in [9.17, 15) is 8.42 Å². The molecule has 4 nitrogen and oxygen atoms in total. The maximum absolute atomic E-state index is 11.8. The summed E-state index contributed by atoms with van der Waals surface area (Å²) >= 11 is 0. The van der Waals surface area contributed by atoms with Crippen molar-refractivity contribution in [1.82, 2.24) is 4.72 Å². The van der Waals surface area contributed by atoms with Gasteiger partial charge >= 0.3 is 0 Å². The molecule has 0 aliphatic carbocycles. The van der Waals surface area contributed by atoms with Crippen LogP contribution in [0.15, 0.2) is 30.3 Å². The van der Waals surface area contributed by atoms with Gasteiger partial charge in [-0.3, -0.25) is 0 Å². The number of benzene rings is 1. The molecule has 18 heavy (non-hydrogen) atoms. The summed E-state index contributed by atoms with van der Waals surface area (Å²) in [5.41, 5.74) is 0.333. The number of aryl methyl sites for hydroxylation is 1. The number of aliphatic hydroxyl groups excluding tert-OH is 1. The molecule has 1 aromatic carbocycles. The van der Waals surface area contributed by atoms with E-state index in [1.807, 2.05) is 30.3 Å². The van der Waals surface area contributed by atoms with Crippen LogP contribution >= 0.6 is 0 Å². The van der Waals surface area contributed by atoms with E-state index in [0.29, 0.717) is 6.42 Å². The third-order valence-electron chi connectivity index (χ3n) is 2.55. The Morgan fingerprint density at radius 3 is 2.39 bits per heavy atom. The molecule has 0 saturated carbocycles. The SMILES string of the molecule is CC(C)(CO)NS(=O)(=O)CCCc1ccccc1. The number of hydrogen-bond donors (Lipinski definition) is 2. The molecule has 0 unspecified atom stereocenters. The van der Waals surface area contributed by atoms with E-state index in [2.05, 4.69) is 4.72 Å². The molecule has 0 bridgehead atoms. The summed E-state index contributed by atoms with van der Waals surface area (Å²) in [6.07, 6.45) is 1.31. The van der Waals surface area contributed by atoms with Crippen LogP contribution in [0.25, 0.3) is 0 Å². The van der Waals surface area contributed by atoms with Crippen molar-refractivity contribution in [2.75, 3.05) is 12.4 Å². The average Bonchev–Trinajstić information content (AvgIpc) is 2.29. The zero-order valence-corrected chi connectivity index (χ0v) is 11.7. The minimum absolute atomic E-state index is 0.0747. The summed E-state index contributed by atoms with van der Waals surface area (Å²) in [4.78, 5) is 0. The minimum Gasteiger partial charge on any atom is -0.394 e. The Bertz CT molecular complexity index is 454. The normalized spacial score (nSPS) is 12.6. The number of sulfonamides is 1. The van der Waals surface area contributed by atoms with E-state index >= 15 is 0 Å². The fourth-order valence-corrected chi connectivity index (χ4v) is 3.15. The summed E-state index contributed by atoms with van der Waals surface area (Å²) in [5, 5.41) is 9.03. The Labute approximate surface area is 109 Å². The molecule has 0 atom stereocenters. The molecule has 0 spiro atoms. The lowest BCUT2D eigenvalue weighted by molar-refractivity contribution is 0.208. The highest BCUT2D eigenvalue weighted by atomic mass is 32.2. The molecule has 0 aliphatic rings. The molecule has 1 rings (SSSR count). The van der Waals surface area contributed by atoms with Crippen molar-refractivity contribution in [1.29, 1.82) is 0 Å². The standard InChI is InChI=1S/C13H21NO3S/c1-13(2,11-15)14-18(16,17)10-6-9-12-7-4-3-5-8-12/h3-5,7-8,14-15H,6,9-11H2,1-2H3. The van der Waals surface area contributed by atoms with E-state index in [4.69, 9.17) is 5.11 Å². The van der Waals surface area contributed by atoms with Gasteiger partial charge in [-0.05, 0) is 32.3 Å². The number of nitrogens with one attached hydrogen (secondary N) is 1. The lowest BCUT2D eigenvalue weighted by atomic mass is 10.1. The molecule has 0 saturated heterocycles. The van der Waals surface area contributed by atoms with Crippen LogP contribution in [-0.4, -0.2) is 31.4 Å². The van der Waals surface area contributed by atoms with Gasteiger partial charge in [-0.1, -0.05) is 30.3 Å². The second-order valence-electron chi connectivity index (χ2n) is 5.05. The topological polar surface area (TPSA) is 66.4 Å². The lowest BCUT2D eigenvalue weighted by Crippen LogP contribution is -2.47. The molecule has 0 amide bonds. The quantitative estimate of drug-likeness (QED) is 0.786. The van der Waals surface area contributed by atoms with Gasteiger partial charge in [0.1, 0.15) is 0 Å². The summed E-state index contributed by atoms with van der Waals surface area (Å²) < 4.78 is 26.0. The van der Waals surface area contributed by atoms with E-state index in [1.165, 1.54) is 0 Å². The molecule has 0 radical (unpaired) electrons. The van der Waals surface area contributed by atoms with E-state index in [-0.39, 0.29) is 12.4 Å². The van der Waals surface area contributed by atoms with Crippen LogP contribution < -0.4 is 4.72 Å². The second kappa shape index (κ2) is 6.31. The van der Waals surface area contributed by atoms with Gasteiger partial charge in [-0.25, -0.2) is 13.1 Å². The van der Waals surface area contributed by atoms with E-state index in [0.717, 1.165) is 12.0 Å². The number of aliphatic hydroxyl groups is 1. The first-order valence-corrected chi connectivity index (χ1v) is 7.66. The Hall–Kier alpha value is -0.910. The highest BCUT2D eigenvalue weighted by Gasteiger charge is 2.23. The van der Waals surface area contributed by atoms with Crippen molar-refractivity contribution >= 4 is 10.0 Å². The molecule has 2 N–H and O–H groups in total. The summed E-state index contributed by atoms with van der Waals surface area (Å²) in [6.45, 7) is 3.09. The van der Waals surface area contributed by atoms with Gasteiger partial charge in [0.05, 0.1) is 17.9 Å². The van der Waals surface area contributed by atoms with Crippen molar-refractivity contribution in [2.24, 2.45) is 0 Å². The van der Waals surface area contributed by atoms with Crippen LogP contribution in [-0.2, 0) is 16.4 Å². The molecule has 0 heterocycles. The van der Waals surface area contributed by atoms with Gasteiger partial charge in [-0.15, -0.1) is 0 Å². The zero-order chi connectivity index (χ0) is 13.6. The summed E-state index contributed by atoms with van der Waals surface area (Å²) in [5.74, 6) is 0.0747. The smallest absolute Gasteiger partial charge is 0.212 e. The molecule has 0 aliphatic heterocycles. The monoisotopic (exact) mass is 271 g/mol. The Morgan fingerprint density at radius 1 is 1.22 bits per heavy atom. The van der Waals surface area contributed by atoms with E-state index in [1.54, 1.807) is 13.8 Å². The lowest BCUT2D eigenvalue weighted by Gasteiger charge is -2.23. The molecule has 5 heteroatoms. The maximum Gasteiger partial charge on any atom is 0.212 e. The average molecular weight is 271 g/mol. The van der Waals surface area contributed by atoms with Crippen molar-refractivity contribution in [3.05, 3.63) is 35.9 Å². The summed E-state index contributed by atoms with van der Waals surface area (Å²) in [6, 6.07) is 9.79. The Balaban J connectivity index is 2.43. The van der Waals surface area contributed by atoms with Crippen LogP contribution in [0.1, 0.15) is 25.8 Å². The highest BCUT2D eigenvalue weighted by molar-refractivity contribution is 7.89. The highest BCUT2D eigenvalue weighted by Crippen LogP contribution is 2.07. The Morgan fingerprint density at radius 2 is 1.83 bits per heavy atom. The van der Waals surface area contributed by atoms with Gasteiger partial charge in [0, 0.05) is 0 Å². The fourth-order valence-electron chi connectivity index (χ4n) is 1.62. The molecular formula is C13H21NO3S. The zero-order valence-electron chi connectivity index (χ0n) is 10.9. The first-order chi connectivity index (χ1) is 8.35. The number of rotatable bonds is 7. The third-order valence-corrected chi connectivity index (χ3v) is 4.24. The maximum atomic E-state index is 11.8. The second-order valence-corrected chi connectivity index (χ2v) is 6.89. The molecule has 0 fully saturated rings. The minimum atomic E-state index is -3.33. The van der Waals surface area contributed by atoms with Crippen molar-refractivity contribution in [3.63, 3.8) is 0 Å². The van der Waals surface area contributed by atoms with Crippen LogP contribution in [0.4, 0.5) is 0 Å². The Kier molecular flexibility index (Phi) is 5.31. The van der Waals surface area contributed by atoms with Crippen LogP contribution in [0.2, 0.25) is 0 Å². The first kappa shape index (κ1) is 15.1. The van der Waals surface area contributed by atoms with Gasteiger partial charge in [0.2, 0.25) is 10.0 Å². The molecule has 0 aromatic heterocycles. The number of hydrogen-bond acceptors (Lipinski definition) is 3. The van der Waals surface area contributed by atoms with Gasteiger partial charge < -0.3 is 5.11 Å². The van der Waals surface area contributed by atoms with Gasteiger partial charge in [0.15, 0.2) is 0 Å². The van der Waals surface area contributed by atoms with Gasteiger partial charge in [-0.2, -0.15) is 0 Å². The van der Waals surface area contributed by atoms with Crippen LogP contribution in [0.3, 0.4) is 0 Å². The fraction of sp³-hybridized carbons (Fsp3) is 0.538. The van der Waals surface area contributed by atoms with Gasteiger partial charge in [0.25, 0.3) is 0 Å². The largest absolute Gasteiger partial charge is 0.394 e. The predicted octanol–water partition coefficient (Wildman–Crippen LogP) is 1.31. The van der Waals surface area contributed by atoms with Crippen molar-refractivity contribution < 1.29 is 13.5 Å². The van der Waals surface area contributed by atoms with Crippen LogP contribution in [0.5, 0.6) is 0 Å².